The minimum absolute atomic E-state index is 0.119. The molecule has 33 heavy (non-hydrogen) atoms. The monoisotopic (exact) mass is 474 g/mol. The molecule has 2 aromatic rings. The van der Waals surface area contributed by atoms with Gasteiger partial charge in [-0.2, -0.15) is 4.31 Å². The summed E-state index contributed by atoms with van der Waals surface area (Å²) in [5, 5.41) is 2.78. The van der Waals surface area contributed by atoms with Crippen LogP contribution in [-0.4, -0.2) is 58.1 Å². The Labute approximate surface area is 194 Å². The molecule has 2 aromatic carbocycles. The van der Waals surface area contributed by atoms with Crippen LogP contribution in [-0.2, 0) is 14.8 Å². The van der Waals surface area contributed by atoms with Crippen molar-refractivity contribution in [3.63, 3.8) is 0 Å². The molecule has 8 nitrogen and oxygen atoms in total. The van der Waals surface area contributed by atoms with Crippen molar-refractivity contribution in [2.24, 2.45) is 0 Å². The molecule has 2 saturated heterocycles. The molecule has 2 aliphatic rings. The first-order chi connectivity index (χ1) is 16.0. The van der Waals surface area contributed by atoms with Crippen LogP contribution >= 0.6 is 0 Å². The van der Waals surface area contributed by atoms with E-state index in [1.54, 1.807) is 30.3 Å². The fourth-order valence-corrected chi connectivity index (χ4v) is 5.61. The Hall–Kier alpha value is -2.62. The molecule has 9 heteroatoms. The Morgan fingerprint density at radius 3 is 2.52 bits per heavy atom. The van der Waals surface area contributed by atoms with E-state index >= 15 is 0 Å². The van der Waals surface area contributed by atoms with Gasteiger partial charge in [0.05, 0.1) is 23.8 Å². The number of carbonyl (C=O) groups is 1. The fourth-order valence-electron chi connectivity index (χ4n) is 4.06. The summed E-state index contributed by atoms with van der Waals surface area (Å²) in [4.78, 5) is 13.0. The molecule has 2 fully saturated rings. The lowest BCUT2D eigenvalue weighted by Gasteiger charge is -2.26. The molecule has 4 rings (SSSR count). The van der Waals surface area contributed by atoms with Crippen molar-refractivity contribution < 1.29 is 27.4 Å². The number of ether oxygens (including phenoxy) is 3. The third-order valence-corrected chi connectivity index (χ3v) is 7.84. The molecule has 1 atom stereocenters. The van der Waals surface area contributed by atoms with Crippen LogP contribution in [0.1, 0.15) is 42.5 Å². The van der Waals surface area contributed by atoms with E-state index in [0.29, 0.717) is 42.4 Å². The third-order valence-electron chi connectivity index (χ3n) is 5.95. The van der Waals surface area contributed by atoms with Crippen molar-refractivity contribution in [3.8, 4) is 11.5 Å². The Morgan fingerprint density at radius 1 is 1.09 bits per heavy atom. The minimum Gasteiger partial charge on any atom is -0.495 e. The summed E-state index contributed by atoms with van der Waals surface area (Å²) in [6.45, 7) is 2.28. The lowest BCUT2D eigenvalue weighted by Crippen LogP contribution is -2.35. The van der Waals surface area contributed by atoms with Crippen molar-refractivity contribution in [1.82, 2.24) is 4.31 Å². The highest BCUT2D eigenvalue weighted by Crippen LogP contribution is 2.30. The molecule has 2 aliphatic heterocycles. The van der Waals surface area contributed by atoms with Crippen LogP contribution in [0.4, 0.5) is 5.69 Å². The number of carbonyl (C=O) groups excluding carboxylic acids is 1. The number of piperidine rings is 1. The summed E-state index contributed by atoms with van der Waals surface area (Å²) in [6, 6.07) is 11.3. The predicted octanol–water partition coefficient (Wildman–Crippen LogP) is 3.68. The molecular formula is C24H30N2O6S. The zero-order chi connectivity index (χ0) is 23.3. The maximum Gasteiger partial charge on any atom is 0.255 e. The highest BCUT2D eigenvalue weighted by atomic mass is 32.2. The van der Waals surface area contributed by atoms with Gasteiger partial charge in [0.25, 0.3) is 5.91 Å². The maximum atomic E-state index is 13.0. The first kappa shape index (κ1) is 23.5. The van der Waals surface area contributed by atoms with Crippen molar-refractivity contribution in [1.29, 1.82) is 0 Å². The van der Waals surface area contributed by atoms with E-state index in [1.165, 1.54) is 23.5 Å². The van der Waals surface area contributed by atoms with Crippen LogP contribution < -0.4 is 14.8 Å². The van der Waals surface area contributed by atoms with Crippen LogP contribution in [0.5, 0.6) is 11.5 Å². The van der Waals surface area contributed by atoms with Gasteiger partial charge in [0.2, 0.25) is 10.0 Å². The number of nitrogens with one attached hydrogen (secondary N) is 1. The average Bonchev–Trinajstić information content (AvgIpc) is 3.37. The Balaban J connectivity index is 1.45. The highest BCUT2D eigenvalue weighted by molar-refractivity contribution is 7.89. The second kappa shape index (κ2) is 10.5. The molecule has 0 spiro atoms. The summed E-state index contributed by atoms with van der Waals surface area (Å²) >= 11 is 0. The molecule has 1 amide bonds. The number of benzene rings is 2. The van der Waals surface area contributed by atoms with Gasteiger partial charge in [-0.3, -0.25) is 4.79 Å². The lowest BCUT2D eigenvalue weighted by molar-refractivity contribution is 0.0679. The van der Waals surface area contributed by atoms with Gasteiger partial charge in [0.1, 0.15) is 18.1 Å². The van der Waals surface area contributed by atoms with Crippen molar-refractivity contribution in [3.05, 3.63) is 48.0 Å². The maximum absolute atomic E-state index is 13.0. The normalized spacial score (nSPS) is 19.2. The zero-order valence-corrected chi connectivity index (χ0v) is 19.6. The quantitative estimate of drug-likeness (QED) is 0.627. The SMILES string of the molecule is COc1ccc(S(=O)(=O)N2CCCCC2)cc1NC(=O)c1ccc(OC[C@H]2CCCO2)cc1. The molecule has 0 aliphatic carbocycles. The second-order valence-electron chi connectivity index (χ2n) is 8.25. The fraction of sp³-hybridized carbons (Fsp3) is 0.458. The van der Waals surface area contributed by atoms with Crippen molar-refractivity contribution in [2.45, 2.75) is 43.1 Å². The van der Waals surface area contributed by atoms with Gasteiger partial charge in [-0.05, 0) is 68.1 Å². The number of anilines is 1. The van der Waals surface area contributed by atoms with Gasteiger partial charge < -0.3 is 19.5 Å². The van der Waals surface area contributed by atoms with E-state index < -0.39 is 10.0 Å². The van der Waals surface area contributed by atoms with Crippen molar-refractivity contribution >= 4 is 21.6 Å². The first-order valence-corrected chi connectivity index (χ1v) is 12.8. The molecule has 0 unspecified atom stereocenters. The van der Waals surface area contributed by atoms with Gasteiger partial charge in [-0.15, -0.1) is 0 Å². The molecule has 0 radical (unpaired) electrons. The van der Waals surface area contributed by atoms with E-state index in [0.717, 1.165) is 38.7 Å². The number of rotatable bonds is 8. The van der Waals surface area contributed by atoms with Gasteiger partial charge in [0, 0.05) is 25.3 Å². The van der Waals surface area contributed by atoms with Gasteiger partial charge in [-0.1, -0.05) is 6.42 Å². The predicted molar refractivity (Wildman–Crippen MR) is 124 cm³/mol. The average molecular weight is 475 g/mol. The summed E-state index contributed by atoms with van der Waals surface area (Å²) in [6.07, 6.45) is 4.91. The number of methoxy groups -OCH3 is 1. The largest absolute Gasteiger partial charge is 0.495 e. The third kappa shape index (κ3) is 5.66. The van der Waals surface area contributed by atoms with E-state index in [9.17, 15) is 13.2 Å². The number of amides is 1. The van der Waals surface area contributed by atoms with Gasteiger partial charge in [-0.25, -0.2) is 8.42 Å². The number of nitrogens with zero attached hydrogens (tertiary/aromatic N) is 1. The standard InChI is InChI=1S/C24H30N2O6S/c1-30-23-12-11-21(33(28,29)26-13-3-2-4-14-26)16-22(23)25-24(27)18-7-9-19(10-8-18)32-17-20-6-5-15-31-20/h7-12,16,20H,2-6,13-15,17H2,1H3,(H,25,27)/t20-/m1/s1. The molecule has 0 bridgehead atoms. The van der Waals surface area contributed by atoms with E-state index in [1.807, 2.05) is 0 Å². The molecule has 0 saturated carbocycles. The Morgan fingerprint density at radius 2 is 1.85 bits per heavy atom. The van der Waals surface area contributed by atoms with Crippen molar-refractivity contribution in [2.75, 3.05) is 38.7 Å². The minimum atomic E-state index is -3.63. The zero-order valence-electron chi connectivity index (χ0n) is 18.8. The van der Waals surface area contributed by atoms with Gasteiger partial charge in [0.15, 0.2) is 0 Å². The first-order valence-electron chi connectivity index (χ1n) is 11.3. The summed E-state index contributed by atoms with van der Waals surface area (Å²) in [7, 11) is -2.15. The Kier molecular flexibility index (Phi) is 7.52. The number of hydrogen-bond acceptors (Lipinski definition) is 6. The molecule has 1 N–H and O–H groups in total. The number of sulfonamides is 1. The molecule has 2 heterocycles. The van der Waals surface area contributed by atoms with E-state index in [4.69, 9.17) is 14.2 Å². The molecule has 0 aromatic heterocycles. The highest BCUT2D eigenvalue weighted by Gasteiger charge is 2.27. The Bertz CT molecular complexity index is 1060. The van der Waals surface area contributed by atoms with Crippen LogP contribution in [0.3, 0.4) is 0 Å². The lowest BCUT2D eigenvalue weighted by atomic mass is 10.2. The van der Waals surface area contributed by atoms with E-state index in [2.05, 4.69) is 5.32 Å². The molecule has 178 valence electrons. The van der Waals surface area contributed by atoms with Crippen LogP contribution in [0.15, 0.2) is 47.4 Å². The summed E-state index contributed by atoms with van der Waals surface area (Å²) in [5.41, 5.74) is 0.727. The topological polar surface area (TPSA) is 94.2 Å². The van der Waals surface area contributed by atoms with Crippen LogP contribution in [0.2, 0.25) is 0 Å². The van der Waals surface area contributed by atoms with Crippen LogP contribution in [0.25, 0.3) is 0 Å². The number of hydrogen-bond donors (Lipinski definition) is 1. The molecular weight excluding hydrogens is 444 g/mol. The second-order valence-corrected chi connectivity index (χ2v) is 10.2. The van der Waals surface area contributed by atoms with Crippen LogP contribution in [0, 0.1) is 0 Å². The summed E-state index contributed by atoms with van der Waals surface area (Å²) in [5.74, 6) is 0.679. The van der Waals surface area contributed by atoms with Gasteiger partial charge >= 0.3 is 0 Å². The van der Waals surface area contributed by atoms with E-state index in [-0.39, 0.29) is 16.9 Å². The summed E-state index contributed by atoms with van der Waals surface area (Å²) < 4.78 is 44.2. The smallest absolute Gasteiger partial charge is 0.255 e.